The van der Waals surface area contributed by atoms with Crippen LogP contribution in [0.3, 0.4) is 0 Å². The molecule has 0 unspecified atom stereocenters. The molecule has 1 heterocycles. The molecule has 4 nitrogen and oxygen atoms in total. The van der Waals surface area contributed by atoms with Gasteiger partial charge >= 0.3 is 0 Å². The maximum Gasteiger partial charge on any atom is 0.266 e. The second-order valence-corrected chi connectivity index (χ2v) is 9.57. The number of thioether (sulfide) groups is 1. The quantitative estimate of drug-likeness (QED) is 0.198. The highest BCUT2D eigenvalue weighted by atomic mass is 79.9. The molecule has 0 radical (unpaired) electrons. The second kappa shape index (κ2) is 9.90. The minimum atomic E-state index is -0.119. The van der Waals surface area contributed by atoms with Crippen molar-refractivity contribution in [2.24, 2.45) is 0 Å². The lowest BCUT2D eigenvalue weighted by molar-refractivity contribution is -0.121. The summed E-state index contributed by atoms with van der Waals surface area (Å²) < 4.78 is 13.0. The summed E-state index contributed by atoms with van der Waals surface area (Å²) >= 11 is 10.2. The molecular formula is C25H20BrNO3S2. The van der Waals surface area contributed by atoms with Crippen LogP contribution in [0.4, 0.5) is 0 Å². The Balaban J connectivity index is 1.60. The van der Waals surface area contributed by atoms with Crippen molar-refractivity contribution in [1.82, 2.24) is 4.90 Å². The van der Waals surface area contributed by atoms with E-state index >= 15 is 0 Å². The van der Waals surface area contributed by atoms with E-state index in [0.717, 1.165) is 21.0 Å². The summed E-state index contributed by atoms with van der Waals surface area (Å²) in [4.78, 5) is 14.7. The molecule has 0 saturated carbocycles. The predicted molar refractivity (Wildman–Crippen MR) is 139 cm³/mol. The van der Waals surface area contributed by atoms with Crippen LogP contribution >= 0.6 is 39.9 Å². The van der Waals surface area contributed by atoms with Gasteiger partial charge in [-0.1, -0.05) is 72.5 Å². The minimum absolute atomic E-state index is 0.119. The first-order valence-corrected chi connectivity index (χ1v) is 11.9. The van der Waals surface area contributed by atoms with Crippen molar-refractivity contribution in [3.05, 3.63) is 87.8 Å². The van der Waals surface area contributed by atoms with Crippen LogP contribution < -0.4 is 9.47 Å². The number of benzene rings is 3. The molecule has 1 amide bonds. The molecule has 1 aliphatic rings. The molecule has 3 aromatic rings. The Morgan fingerprint density at radius 3 is 2.75 bits per heavy atom. The summed E-state index contributed by atoms with van der Waals surface area (Å²) in [6.45, 7) is 4.48. The number of amides is 1. The molecule has 3 aromatic carbocycles. The molecule has 4 rings (SSSR count). The predicted octanol–water partition coefficient (Wildman–Crippen LogP) is 6.58. The summed E-state index contributed by atoms with van der Waals surface area (Å²) in [5.74, 6) is 1.07. The highest BCUT2D eigenvalue weighted by Crippen LogP contribution is 2.39. The number of carbonyl (C=O) groups excluding carboxylic acids is 1. The van der Waals surface area contributed by atoms with Gasteiger partial charge in [0.25, 0.3) is 5.91 Å². The van der Waals surface area contributed by atoms with E-state index in [4.69, 9.17) is 21.7 Å². The fourth-order valence-electron chi connectivity index (χ4n) is 3.47. The van der Waals surface area contributed by atoms with Crippen LogP contribution in [-0.2, 0) is 11.4 Å². The zero-order chi connectivity index (χ0) is 22.7. The van der Waals surface area contributed by atoms with Crippen molar-refractivity contribution < 1.29 is 14.3 Å². The summed E-state index contributed by atoms with van der Waals surface area (Å²) in [7, 11) is 1.60. The zero-order valence-electron chi connectivity index (χ0n) is 17.3. The van der Waals surface area contributed by atoms with Crippen molar-refractivity contribution >= 4 is 67.0 Å². The smallest absolute Gasteiger partial charge is 0.266 e. The highest BCUT2D eigenvalue weighted by molar-refractivity contribution is 9.10. The lowest BCUT2D eigenvalue weighted by Gasteiger charge is -2.15. The first kappa shape index (κ1) is 22.6. The van der Waals surface area contributed by atoms with Gasteiger partial charge in [-0.2, -0.15) is 0 Å². The van der Waals surface area contributed by atoms with Crippen LogP contribution in [-0.4, -0.2) is 28.8 Å². The maximum absolute atomic E-state index is 12.6. The molecule has 0 aromatic heterocycles. The molecule has 1 saturated heterocycles. The third-order valence-corrected chi connectivity index (χ3v) is 6.95. The molecule has 1 fully saturated rings. The lowest BCUT2D eigenvalue weighted by atomic mass is 10.1. The fourth-order valence-corrected chi connectivity index (χ4v) is 5.32. The van der Waals surface area contributed by atoms with Gasteiger partial charge in [0, 0.05) is 6.54 Å². The van der Waals surface area contributed by atoms with Gasteiger partial charge in [-0.25, -0.2) is 0 Å². The number of halogens is 1. The monoisotopic (exact) mass is 525 g/mol. The second-order valence-electron chi connectivity index (χ2n) is 7.04. The van der Waals surface area contributed by atoms with E-state index in [9.17, 15) is 4.79 Å². The van der Waals surface area contributed by atoms with E-state index in [2.05, 4.69) is 46.8 Å². The topological polar surface area (TPSA) is 38.8 Å². The average molecular weight is 526 g/mol. The van der Waals surface area contributed by atoms with Gasteiger partial charge in [0.1, 0.15) is 10.9 Å². The van der Waals surface area contributed by atoms with Gasteiger partial charge in [0.15, 0.2) is 11.5 Å². The Morgan fingerprint density at radius 2 is 1.97 bits per heavy atom. The molecule has 32 heavy (non-hydrogen) atoms. The van der Waals surface area contributed by atoms with E-state index in [-0.39, 0.29) is 5.91 Å². The van der Waals surface area contributed by atoms with Crippen molar-refractivity contribution in [3.63, 3.8) is 0 Å². The third kappa shape index (κ3) is 4.60. The Morgan fingerprint density at radius 1 is 1.19 bits per heavy atom. The van der Waals surface area contributed by atoms with Crippen molar-refractivity contribution in [2.75, 3.05) is 13.7 Å². The maximum atomic E-state index is 12.6. The van der Waals surface area contributed by atoms with Gasteiger partial charge in [-0.3, -0.25) is 9.69 Å². The summed E-state index contributed by atoms with van der Waals surface area (Å²) in [6, 6.07) is 18.1. The minimum Gasteiger partial charge on any atom is -0.493 e. The third-order valence-electron chi connectivity index (χ3n) is 4.99. The van der Waals surface area contributed by atoms with E-state index in [0.29, 0.717) is 33.9 Å². The number of hydrogen-bond donors (Lipinski definition) is 0. The standard InChI is InChI=1S/C25H20BrNO3S2/c1-3-11-27-24(28)22(32-25(27)31)14-16-12-20(26)23(21(13-16)29-2)30-15-18-9-6-8-17-7-4-5-10-19(17)18/h3-10,12-14H,1,11,15H2,2H3/b22-14+. The number of nitrogens with zero attached hydrogens (tertiary/aromatic N) is 1. The Kier molecular flexibility index (Phi) is 6.98. The first-order chi connectivity index (χ1) is 15.5. The Bertz CT molecular complexity index is 1250. The van der Waals surface area contributed by atoms with Crippen LogP contribution in [0.5, 0.6) is 11.5 Å². The van der Waals surface area contributed by atoms with Gasteiger partial charge in [-0.15, -0.1) is 6.58 Å². The van der Waals surface area contributed by atoms with Gasteiger partial charge in [0.05, 0.1) is 16.5 Å². The molecule has 162 valence electrons. The molecule has 0 N–H and O–H groups in total. The van der Waals surface area contributed by atoms with Gasteiger partial charge in [0.2, 0.25) is 0 Å². The zero-order valence-corrected chi connectivity index (χ0v) is 20.6. The number of thiocarbonyl (C=S) groups is 1. The molecule has 0 aliphatic carbocycles. The van der Waals surface area contributed by atoms with Crippen molar-refractivity contribution in [3.8, 4) is 11.5 Å². The van der Waals surface area contributed by atoms with E-state index < -0.39 is 0 Å². The molecular weight excluding hydrogens is 506 g/mol. The van der Waals surface area contributed by atoms with Gasteiger partial charge < -0.3 is 9.47 Å². The number of rotatable bonds is 7. The van der Waals surface area contributed by atoms with Crippen molar-refractivity contribution in [2.45, 2.75) is 6.61 Å². The number of hydrogen-bond acceptors (Lipinski definition) is 5. The van der Waals surface area contributed by atoms with Crippen LogP contribution in [0, 0.1) is 0 Å². The Labute approximate surface area is 205 Å². The van der Waals surface area contributed by atoms with E-state index in [1.54, 1.807) is 13.2 Å². The summed E-state index contributed by atoms with van der Waals surface area (Å²) in [5.41, 5.74) is 1.90. The summed E-state index contributed by atoms with van der Waals surface area (Å²) in [6.07, 6.45) is 3.47. The van der Waals surface area contributed by atoms with Crippen molar-refractivity contribution in [1.29, 1.82) is 0 Å². The number of ether oxygens (including phenoxy) is 2. The van der Waals surface area contributed by atoms with Crippen LogP contribution in [0.25, 0.3) is 16.8 Å². The summed E-state index contributed by atoms with van der Waals surface area (Å²) in [5, 5.41) is 2.33. The SMILES string of the molecule is C=CCN1C(=O)/C(=C\c2cc(Br)c(OCc3cccc4ccccc34)c(OC)c2)SC1=S. The van der Waals surface area contributed by atoms with Crippen LogP contribution in [0.15, 0.2) is 76.6 Å². The normalized spacial score (nSPS) is 14.9. The molecule has 7 heteroatoms. The van der Waals surface area contributed by atoms with E-state index in [1.165, 1.54) is 22.0 Å². The molecule has 1 aliphatic heterocycles. The largest absolute Gasteiger partial charge is 0.493 e. The highest BCUT2D eigenvalue weighted by Gasteiger charge is 2.31. The average Bonchev–Trinajstić information content (AvgIpc) is 3.05. The number of carbonyl (C=O) groups is 1. The first-order valence-electron chi connectivity index (χ1n) is 9.85. The molecule has 0 spiro atoms. The fraction of sp³-hybridized carbons (Fsp3) is 0.120. The molecule has 0 atom stereocenters. The van der Waals surface area contributed by atoms with Gasteiger partial charge in [-0.05, 0) is 56.0 Å². The van der Waals surface area contributed by atoms with Crippen LogP contribution in [0.2, 0.25) is 0 Å². The van der Waals surface area contributed by atoms with Crippen LogP contribution in [0.1, 0.15) is 11.1 Å². The molecule has 0 bridgehead atoms. The Hall–Kier alpha value is -2.61. The number of fused-ring (bicyclic) bond motifs is 1. The number of methoxy groups -OCH3 is 1. The van der Waals surface area contributed by atoms with E-state index in [1.807, 2.05) is 36.4 Å². The lowest BCUT2D eigenvalue weighted by Crippen LogP contribution is -2.27.